The number of aromatic nitrogens is 3. The van der Waals surface area contributed by atoms with Crippen molar-refractivity contribution in [2.24, 2.45) is 5.73 Å². The molecule has 0 saturated carbocycles. The highest BCUT2D eigenvalue weighted by Gasteiger charge is 2.17. The van der Waals surface area contributed by atoms with Crippen molar-refractivity contribution in [2.75, 3.05) is 18.5 Å². The predicted molar refractivity (Wildman–Crippen MR) is 121 cm³/mol. The number of nitrogens with two attached hydrogens (primary N) is 1. The molecule has 3 aromatic heterocycles. The van der Waals surface area contributed by atoms with Gasteiger partial charge < -0.3 is 16.2 Å². The van der Waals surface area contributed by atoms with Gasteiger partial charge in [0.1, 0.15) is 17.9 Å². The van der Waals surface area contributed by atoms with Crippen LogP contribution in [0.25, 0.3) is 21.6 Å². The minimum absolute atomic E-state index is 0.137. The third-order valence-electron chi connectivity index (χ3n) is 4.60. The van der Waals surface area contributed by atoms with Crippen LogP contribution in [-0.2, 0) is 6.42 Å². The van der Waals surface area contributed by atoms with E-state index in [2.05, 4.69) is 32.1 Å². The van der Waals surface area contributed by atoms with Crippen LogP contribution in [-0.4, -0.2) is 39.3 Å². The van der Waals surface area contributed by atoms with E-state index in [1.54, 1.807) is 0 Å². The van der Waals surface area contributed by atoms with E-state index < -0.39 is 5.82 Å². The van der Waals surface area contributed by atoms with Crippen LogP contribution in [0.3, 0.4) is 0 Å². The fraction of sp³-hybridized carbons (Fsp3) is 0.174. The highest BCUT2D eigenvalue weighted by molar-refractivity contribution is 7.18. The van der Waals surface area contributed by atoms with E-state index in [-0.39, 0.29) is 24.0 Å². The van der Waals surface area contributed by atoms with Gasteiger partial charge in [0.05, 0.1) is 22.0 Å². The standard InChI is InChI=1S/C23H20FN5OS/c24-19-13-26-9-8-18(19)22-28-20-16(7-4-10-30)14-31-21(20)23(29-22)27-12-17(25)11-15-5-2-1-3-6-15/h1-3,5-6,8-9,13-14,17,30H,10-12,25H2,(H,27,28,29)/t17-/m1/s1. The maximum atomic E-state index is 14.4. The van der Waals surface area contributed by atoms with Crippen LogP contribution in [0, 0.1) is 17.7 Å². The Kier molecular flexibility index (Phi) is 6.48. The molecule has 4 aromatic rings. The number of aliphatic hydroxyl groups is 1. The Morgan fingerprint density at radius 2 is 2.03 bits per heavy atom. The Hall–Kier alpha value is -3.38. The van der Waals surface area contributed by atoms with Crippen molar-refractivity contribution in [3.63, 3.8) is 0 Å². The fourth-order valence-corrected chi connectivity index (χ4v) is 4.06. The van der Waals surface area contributed by atoms with Crippen molar-refractivity contribution in [3.8, 4) is 23.2 Å². The minimum Gasteiger partial charge on any atom is -0.384 e. The first kappa shape index (κ1) is 20.9. The van der Waals surface area contributed by atoms with Gasteiger partial charge in [0.2, 0.25) is 0 Å². The molecule has 31 heavy (non-hydrogen) atoms. The first-order chi connectivity index (χ1) is 15.2. The largest absolute Gasteiger partial charge is 0.384 e. The van der Waals surface area contributed by atoms with E-state index in [0.717, 1.165) is 16.5 Å². The molecule has 6 nitrogen and oxygen atoms in total. The van der Waals surface area contributed by atoms with Crippen molar-refractivity contribution < 1.29 is 9.50 Å². The lowest BCUT2D eigenvalue weighted by Crippen LogP contribution is -2.31. The van der Waals surface area contributed by atoms with Crippen LogP contribution in [0.5, 0.6) is 0 Å². The van der Waals surface area contributed by atoms with E-state index in [4.69, 9.17) is 10.8 Å². The molecule has 156 valence electrons. The Bertz CT molecular complexity index is 1250. The number of hydrogen-bond donors (Lipinski definition) is 3. The molecule has 0 fully saturated rings. The average Bonchev–Trinajstić information content (AvgIpc) is 3.20. The zero-order valence-electron chi connectivity index (χ0n) is 16.5. The molecule has 3 heterocycles. The van der Waals surface area contributed by atoms with Gasteiger partial charge in [0, 0.05) is 24.2 Å². The van der Waals surface area contributed by atoms with Crippen LogP contribution in [0.15, 0.2) is 54.2 Å². The molecule has 0 radical (unpaired) electrons. The summed E-state index contributed by atoms with van der Waals surface area (Å²) in [5.74, 6) is 5.83. The number of nitrogens with one attached hydrogen (secondary N) is 1. The van der Waals surface area contributed by atoms with E-state index in [1.165, 1.54) is 23.6 Å². The highest BCUT2D eigenvalue weighted by Crippen LogP contribution is 2.32. The van der Waals surface area contributed by atoms with E-state index in [9.17, 15) is 4.39 Å². The number of anilines is 1. The number of thiophene rings is 1. The lowest BCUT2D eigenvalue weighted by molar-refractivity contribution is 0.350. The van der Waals surface area contributed by atoms with Gasteiger partial charge in [-0.05, 0) is 18.1 Å². The number of nitrogens with zero attached hydrogens (tertiary/aromatic N) is 3. The number of halogens is 1. The van der Waals surface area contributed by atoms with Gasteiger partial charge >= 0.3 is 0 Å². The minimum atomic E-state index is -0.508. The van der Waals surface area contributed by atoms with E-state index in [1.807, 2.05) is 35.7 Å². The second-order valence-electron chi connectivity index (χ2n) is 6.87. The van der Waals surface area contributed by atoms with Crippen molar-refractivity contribution in [2.45, 2.75) is 12.5 Å². The summed E-state index contributed by atoms with van der Waals surface area (Å²) < 4.78 is 15.1. The van der Waals surface area contributed by atoms with Gasteiger partial charge in [-0.2, -0.15) is 0 Å². The molecule has 0 saturated heterocycles. The number of pyridine rings is 1. The zero-order valence-corrected chi connectivity index (χ0v) is 17.4. The van der Waals surface area contributed by atoms with Crippen molar-refractivity contribution in [1.82, 2.24) is 15.0 Å². The maximum Gasteiger partial charge on any atom is 0.165 e. The van der Waals surface area contributed by atoms with Gasteiger partial charge in [0.25, 0.3) is 0 Å². The third kappa shape index (κ3) is 4.86. The van der Waals surface area contributed by atoms with Crippen LogP contribution in [0.2, 0.25) is 0 Å². The lowest BCUT2D eigenvalue weighted by atomic mass is 10.1. The van der Waals surface area contributed by atoms with Crippen molar-refractivity contribution >= 4 is 27.4 Å². The maximum absolute atomic E-state index is 14.4. The van der Waals surface area contributed by atoms with Gasteiger partial charge in [0.15, 0.2) is 11.6 Å². The molecule has 0 aliphatic carbocycles. The molecule has 8 heteroatoms. The molecular weight excluding hydrogens is 413 g/mol. The summed E-state index contributed by atoms with van der Waals surface area (Å²) in [4.78, 5) is 12.9. The average molecular weight is 434 g/mol. The highest BCUT2D eigenvalue weighted by atomic mass is 32.1. The Labute approximate surface area is 183 Å². The number of fused-ring (bicyclic) bond motifs is 1. The first-order valence-electron chi connectivity index (χ1n) is 9.68. The quantitative estimate of drug-likeness (QED) is 0.404. The molecule has 0 unspecified atom stereocenters. The van der Waals surface area contributed by atoms with Crippen LogP contribution < -0.4 is 11.1 Å². The normalized spacial score (nSPS) is 11.7. The summed E-state index contributed by atoms with van der Waals surface area (Å²) in [6.45, 7) is 0.225. The van der Waals surface area contributed by atoms with Crippen LogP contribution in [0.1, 0.15) is 11.1 Å². The predicted octanol–water partition coefficient (Wildman–Crippen LogP) is 3.22. The molecule has 0 spiro atoms. The molecular formula is C23H20FN5OS. The second-order valence-corrected chi connectivity index (χ2v) is 7.75. The topological polar surface area (TPSA) is 97.0 Å². The second kappa shape index (κ2) is 9.62. The Morgan fingerprint density at radius 1 is 1.19 bits per heavy atom. The smallest absolute Gasteiger partial charge is 0.165 e. The van der Waals surface area contributed by atoms with E-state index in [0.29, 0.717) is 29.9 Å². The summed E-state index contributed by atoms with van der Waals surface area (Å²) >= 11 is 1.44. The monoisotopic (exact) mass is 433 g/mol. The van der Waals surface area contributed by atoms with E-state index >= 15 is 0 Å². The number of rotatable bonds is 6. The molecule has 4 rings (SSSR count). The van der Waals surface area contributed by atoms with Gasteiger partial charge in [-0.3, -0.25) is 4.98 Å². The number of hydrogen-bond acceptors (Lipinski definition) is 7. The first-order valence-corrected chi connectivity index (χ1v) is 10.6. The molecule has 0 aliphatic rings. The van der Waals surface area contributed by atoms with Gasteiger partial charge in [-0.1, -0.05) is 42.2 Å². The van der Waals surface area contributed by atoms with Crippen molar-refractivity contribution in [1.29, 1.82) is 0 Å². The number of aliphatic hydroxyl groups excluding tert-OH is 1. The van der Waals surface area contributed by atoms with Crippen LogP contribution >= 0.6 is 11.3 Å². The molecule has 1 atom stereocenters. The Morgan fingerprint density at radius 3 is 2.81 bits per heavy atom. The lowest BCUT2D eigenvalue weighted by Gasteiger charge is -2.14. The van der Waals surface area contributed by atoms with Gasteiger partial charge in [-0.15, -0.1) is 11.3 Å². The molecule has 1 aromatic carbocycles. The Balaban J connectivity index is 1.68. The summed E-state index contributed by atoms with van der Waals surface area (Å²) in [6.07, 6.45) is 3.34. The summed E-state index contributed by atoms with van der Waals surface area (Å²) in [5.41, 5.74) is 8.99. The van der Waals surface area contributed by atoms with Crippen LogP contribution in [0.4, 0.5) is 10.2 Å². The fourth-order valence-electron chi connectivity index (χ4n) is 3.16. The van der Waals surface area contributed by atoms with Gasteiger partial charge in [-0.25, -0.2) is 14.4 Å². The molecule has 0 bridgehead atoms. The summed E-state index contributed by atoms with van der Waals surface area (Å²) in [6, 6.07) is 11.4. The third-order valence-corrected chi connectivity index (χ3v) is 5.58. The van der Waals surface area contributed by atoms with Crippen molar-refractivity contribution in [3.05, 3.63) is 71.1 Å². The molecule has 0 aliphatic heterocycles. The summed E-state index contributed by atoms with van der Waals surface area (Å²) in [7, 11) is 0. The SMILES string of the molecule is N[C@@H](CNc1nc(-c2ccncc2F)nc2c(C#CCO)csc12)Cc1ccccc1. The molecule has 4 N–H and O–H groups in total. The summed E-state index contributed by atoms with van der Waals surface area (Å²) in [5, 5.41) is 14.2. The number of benzene rings is 1. The zero-order chi connectivity index (χ0) is 21.6. The molecule has 0 amide bonds.